The quantitative estimate of drug-likeness (QED) is 0.172. The van der Waals surface area contributed by atoms with Crippen molar-refractivity contribution in [2.45, 2.75) is 20.0 Å². The lowest BCUT2D eigenvalue weighted by atomic mass is 10.1. The number of hydrogen-bond acceptors (Lipinski definition) is 7. The Morgan fingerprint density at radius 3 is 2.12 bits per heavy atom. The van der Waals surface area contributed by atoms with E-state index >= 15 is 0 Å². The molecule has 3 rings (SSSR count). The van der Waals surface area contributed by atoms with Crippen LogP contribution in [-0.4, -0.2) is 27.6 Å². The Balaban J connectivity index is 2.07. The van der Waals surface area contributed by atoms with Gasteiger partial charge in [-0.25, -0.2) is 9.78 Å². The summed E-state index contributed by atoms with van der Waals surface area (Å²) in [6.07, 6.45) is 2.44. The Labute approximate surface area is 185 Å². The van der Waals surface area contributed by atoms with Gasteiger partial charge in [-0.2, -0.15) is 0 Å². The number of aliphatic hydroxyl groups excluding tert-OH is 1. The number of pyridine rings is 1. The lowest BCUT2D eigenvalue weighted by Crippen LogP contribution is -2.24. The standard InChI is InChI=1S/C24H23N3O5/c1-2-32-24(29)21(28)15-20-13-14-25-23(22(20)27(30)31)26(16-18-9-5-3-6-10-18)17-19-11-7-4-8-12-19/h3-15,28H,2,16-17H2,1H3. The average Bonchev–Trinajstić information content (AvgIpc) is 2.80. The minimum atomic E-state index is -0.953. The van der Waals surface area contributed by atoms with Gasteiger partial charge in [0.05, 0.1) is 17.1 Å². The van der Waals surface area contributed by atoms with Gasteiger partial charge in [0.15, 0.2) is 0 Å². The van der Waals surface area contributed by atoms with Crippen molar-refractivity contribution >= 4 is 23.6 Å². The first-order chi connectivity index (χ1) is 15.5. The molecular formula is C24H23N3O5. The molecule has 0 radical (unpaired) electrons. The van der Waals surface area contributed by atoms with Gasteiger partial charge in [0.25, 0.3) is 0 Å². The maximum Gasteiger partial charge on any atom is 0.373 e. The van der Waals surface area contributed by atoms with Crippen molar-refractivity contribution in [1.29, 1.82) is 0 Å². The first kappa shape index (κ1) is 22.5. The van der Waals surface area contributed by atoms with Crippen molar-refractivity contribution in [3.05, 3.63) is 105 Å². The fraction of sp³-hybridized carbons (Fsp3) is 0.167. The summed E-state index contributed by atoms with van der Waals surface area (Å²) in [6.45, 7) is 2.42. The second-order valence-corrected chi connectivity index (χ2v) is 6.91. The second-order valence-electron chi connectivity index (χ2n) is 6.91. The van der Waals surface area contributed by atoms with E-state index in [0.717, 1.165) is 17.2 Å². The third-order valence-electron chi connectivity index (χ3n) is 4.63. The van der Waals surface area contributed by atoms with E-state index in [1.54, 1.807) is 11.8 Å². The van der Waals surface area contributed by atoms with Crippen LogP contribution >= 0.6 is 0 Å². The summed E-state index contributed by atoms with van der Waals surface area (Å²) in [6, 6.07) is 20.5. The number of benzene rings is 2. The molecule has 0 unspecified atom stereocenters. The van der Waals surface area contributed by atoms with Gasteiger partial charge in [-0.1, -0.05) is 60.7 Å². The molecule has 0 bridgehead atoms. The van der Waals surface area contributed by atoms with Gasteiger partial charge in [0.2, 0.25) is 11.6 Å². The molecule has 8 nitrogen and oxygen atoms in total. The average molecular weight is 433 g/mol. The van der Waals surface area contributed by atoms with Gasteiger partial charge < -0.3 is 14.7 Å². The summed E-state index contributed by atoms with van der Waals surface area (Å²) in [5.41, 5.74) is 1.65. The Morgan fingerprint density at radius 2 is 1.62 bits per heavy atom. The van der Waals surface area contributed by atoms with Crippen molar-refractivity contribution < 1.29 is 19.6 Å². The molecule has 2 aromatic carbocycles. The smallest absolute Gasteiger partial charge is 0.373 e. The predicted molar refractivity (Wildman–Crippen MR) is 121 cm³/mol. The predicted octanol–water partition coefficient (Wildman–Crippen LogP) is 4.66. The molecule has 0 saturated heterocycles. The number of aromatic nitrogens is 1. The van der Waals surface area contributed by atoms with Crippen molar-refractivity contribution in [3.63, 3.8) is 0 Å². The van der Waals surface area contributed by atoms with E-state index in [4.69, 9.17) is 4.74 Å². The van der Waals surface area contributed by atoms with Gasteiger partial charge in [0.1, 0.15) is 0 Å². The third kappa shape index (κ3) is 5.69. The molecule has 3 aromatic rings. The highest BCUT2D eigenvalue weighted by atomic mass is 16.6. The first-order valence-electron chi connectivity index (χ1n) is 10.0. The van der Waals surface area contributed by atoms with E-state index in [-0.39, 0.29) is 23.7 Å². The highest BCUT2D eigenvalue weighted by Crippen LogP contribution is 2.33. The van der Waals surface area contributed by atoms with Crippen LogP contribution in [0.1, 0.15) is 23.6 Å². The van der Waals surface area contributed by atoms with Gasteiger partial charge >= 0.3 is 11.7 Å². The number of anilines is 1. The van der Waals surface area contributed by atoms with E-state index < -0.39 is 16.7 Å². The monoisotopic (exact) mass is 433 g/mol. The second kappa shape index (κ2) is 10.7. The van der Waals surface area contributed by atoms with Gasteiger partial charge in [-0.15, -0.1) is 0 Å². The number of carbonyl (C=O) groups is 1. The molecule has 0 saturated carbocycles. The van der Waals surface area contributed by atoms with Crippen LogP contribution in [0.4, 0.5) is 11.5 Å². The van der Waals surface area contributed by atoms with Crippen LogP contribution < -0.4 is 4.90 Å². The van der Waals surface area contributed by atoms with E-state index in [1.165, 1.54) is 12.3 Å². The maximum atomic E-state index is 12.0. The number of ether oxygens (including phenoxy) is 1. The zero-order chi connectivity index (χ0) is 22.9. The van der Waals surface area contributed by atoms with E-state index in [9.17, 15) is 20.0 Å². The van der Waals surface area contributed by atoms with Gasteiger partial charge in [-0.3, -0.25) is 10.1 Å². The van der Waals surface area contributed by atoms with Crippen LogP contribution in [0, 0.1) is 10.1 Å². The van der Waals surface area contributed by atoms with Crippen molar-refractivity contribution in [3.8, 4) is 0 Å². The molecule has 0 fully saturated rings. The fourth-order valence-electron chi connectivity index (χ4n) is 3.22. The van der Waals surface area contributed by atoms with Crippen molar-refractivity contribution in [2.75, 3.05) is 11.5 Å². The molecule has 8 heteroatoms. The summed E-state index contributed by atoms with van der Waals surface area (Å²) in [4.78, 5) is 29.4. The molecule has 1 aromatic heterocycles. The topological polar surface area (TPSA) is 106 Å². The molecule has 0 aliphatic rings. The molecule has 0 spiro atoms. The zero-order valence-corrected chi connectivity index (χ0v) is 17.5. The Morgan fingerprint density at radius 1 is 1.06 bits per heavy atom. The number of esters is 1. The highest BCUT2D eigenvalue weighted by Gasteiger charge is 2.26. The lowest BCUT2D eigenvalue weighted by molar-refractivity contribution is -0.384. The molecule has 0 aliphatic heterocycles. The number of rotatable bonds is 9. The fourth-order valence-corrected chi connectivity index (χ4v) is 3.22. The molecule has 1 heterocycles. The molecule has 0 atom stereocenters. The van der Waals surface area contributed by atoms with Crippen LogP contribution in [-0.2, 0) is 22.6 Å². The summed E-state index contributed by atoms with van der Waals surface area (Å²) in [5.74, 6) is -1.54. The minimum Gasteiger partial charge on any atom is -0.502 e. The van der Waals surface area contributed by atoms with Gasteiger partial charge in [0, 0.05) is 25.4 Å². The van der Waals surface area contributed by atoms with Crippen molar-refractivity contribution in [2.24, 2.45) is 0 Å². The molecule has 164 valence electrons. The summed E-state index contributed by atoms with van der Waals surface area (Å²) < 4.78 is 4.76. The first-order valence-corrected chi connectivity index (χ1v) is 10.0. The molecule has 32 heavy (non-hydrogen) atoms. The molecular weight excluding hydrogens is 410 g/mol. The van der Waals surface area contributed by atoms with E-state index in [2.05, 4.69) is 4.98 Å². The van der Waals surface area contributed by atoms with Gasteiger partial charge in [-0.05, 0) is 24.1 Å². The number of nitro groups is 1. The molecule has 1 N–H and O–H groups in total. The Bertz CT molecular complexity index is 1060. The number of aliphatic hydroxyl groups is 1. The number of carbonyl (C=O) groups excluding carboxylic acids is 1. The third-order valence-corrected chi connectivity index (χ3v) is 4.63. The Hall–Kier alpha value is -4.20. The molecule has 0 amide bonds. The summed E-state index contributed by atoms with van der Waals surface area (Å²) in [7, 11) is 0. The summed E-state index contributed by atoms with van der Waals surface area (Å²) in [5, 5.41) is 22.1. The van der Waals surface area contributed by atoms with E-state index in [1.807, 2.05) is 60.7 Å². The molecule has 0 aliphatic carbocycles. The lowest BCUT2D eigenvalue weighted by Gasteiger charge is -2.24. The normalized spacial score (nSPS) is 11.1. The van der Waals surface area contributed by atoms with E-state index in [0.29, 0.717) is 13.1 Å². The van der Waals surface area contributed by atoms with Crippen LogP contribution in [0.3, 0.4) is 0 Å². The zero-order valence-electron chi connectivity index (χ0n) is 17.5. The SMILES string of the molecule is CCOC(=O)C(O)=Cc1ccnc(N(Cc2ccccc2)Cc2ccccc2)c1[N+](=O)[O-]. The summed E-state index contributed by atoms with van der Waals surface area (Å²) >= 11 is 0. The maximum absolute atomic E-state index is 12.0. The minimum absolute atomic E-state index is 0.0525. The van der Waals surface area contributed by atoms with Crippen LogP contribution in [0.25, 0.3) is 6.08 Å². The number of nitrogens with zero attached hydrogens (tertiary/aromatic N) is 3. The van der Waals surface area contributed by atoms with Crippen molar-refractivity contribution in [1.82, 2.24) is 4.98 Å². The van der Waals surface area contributed by atoms with Crippen LogP contribution in [0.2, 0.25) is 0 Å². The largest absolute Gasteiger partial charge is 0.502 e. The number of hydrogen-bond donors (Lipinski definition) is 1. The Kier molecular flexibility index (Phi) is 7.53. The highest BCUT2D eigenvalue weighted by molar-refractivity contribution is 5.92. The van der Waals surface area contributed by atoms with Crippen LogP contribution in [0.5, 0.6) is 0 Å². The van der Waals surface area contributed by atoms with Crippen LogP contribution in [0.15, 0.2) is 78.7 Å².